The van der Waals surface area contributed by atoms with Crippen LogP contribution in [0.2, 0.25) is 0 Å². The number of aromatic nitrogens is 3. The number of aromatic amines is 2. The SMILES string of the molecule is CCCc1cccc(C(C)(c2cnc(-c3cc(Oc4c(F)cc5[nH]ccc5c4C)ccc3F)[nH]2)C(C)C)c1.O=CO. The first-order chi connectivity index (χ1) is 19.6. The second-order valence-corrected chi connectivity index (χ2v) is 10.6. The normalized spacial score (nSPS) is 12.6. The van der Waals surface area contributed by atoms with Gasteiger partial charge in [-0.2, -0.15) is 0 Å². The number of carboxylic acid groups (broad SMARTS) is 1. The topological polar surface area (TPSA) is 91.0 Å². The Balaban J connectivity index is 0.00000124. The van der Waals surface area contributed by atoms with Gasteiger partial charge in [0.05, 0.1) is 5.56 Å². The van der Waals surface area contributed by atoms with E-state index in [2.05, 4.69) is 66.9 Å². The molecule has 0 aliphatic heterocycles. The van der Waals surface area contributed by atoms with E-state index in [1.54, 1.807) is 25.4 Å². The van der Waals surface area contributed by atoms with E-state index < -0.39 is 11.6 Å². The van der Waals surface area contributed by atoms with Crippen molar-refractivity contribution in [1.29, 1.82) is 0 Å². The van der Waals surface area contributed by atoms with E-state index in [4.69, 9.17) is 14.6 Å². The number of ether oxygens (including phenoxy) is 1. The van der Waals surface area contributed by atoms with Gasteiger partial charge in [-0.15, -0.1) is 0 Å². The van der Waals surface area contributed by atoms with E-state index in [-0.39, 0.29) is 29.1 Å². The molecule has 0 bridgehead atoms. The molecule has 0 spiro atoms. The lowest BCUT2D eigenvalue weighted by Gasteiger charge is -2.34. The Morgan fingerprint density at radius 1 is 1.10 bits per heavy atom. The van der Waals surface area contributed by atoms with E-state index in [1.165, 1.54) is 29.3 Å². The molecule has 5 rings (SSSR count). The van der Waals surface area contributed by atoms with Gasteiger partial charge in [0.15, 0.2) is 11.6 Å². The number of benzene rings is 3. The highest BCUT2D eigenvalue weighted by atomic mass is 19.1. The minimum Gasteiger partial charge on any atom is -0.483 e. The third kappa shape index (κ3) is 5.87. The first kappa shape index (κ1) is 29.5. The molecule has 0 aliphatic rings. The molecule has 214 valence electrons. The zero-order chi connectivity index (χ0) is 29.7. The summed E-state index contributed by atoms with van der Waals surface area (Å²) >= 11 is 0. The van der Waals surface area contributed by atoms with Crippen molar-refractivity contribution in [2.45, 2.75) is 52.9 Å². The van der Waals surface area contributed by atoms with Crippen LogP contribution in [-0.4, -0.2) is 26.5 Å². The van der Waals surface area contributed by atoms with Gasteiger partial charge >= 0.3 is 0 Å². The fourth-order valence-electron chi connectivity index (χ4n) is 5.18. The summed E-state index contributed by atoms with van der Waals surface area (Å²) < 4.78 is 35.9. The molecule has 0 saturated heterocycles. The molecule has 0 amide bonds. The van der Waals surface area contributed by atoms with Crippen LogP contribution < -0.4 is 4.74 Å². The molecule has 8 heteroatoms. The van der Waals surface area contributed by atoms with Gasteiger partial charge < -0.3 is 19.8 Å². The van der Waals surface area contributed by atoms with Crippen molar-refractivity contribution in [3.8, 4) is 22.9 Å². The highest BCUT2D eigenvalue weighted by Gasteiger charge is 2.35. The van der Waals surface area contributed by atoms with Gasteiger partial charge in [-0.05, 0) is 61.6 Å². The number of nitrogens with zero attached hydrogens (tertiary/aromatic N) is 1. The fraction of sp³-hybridized carbons (Fsp3) is 0.273. The van der Waals surface area contributed by atoms with Crippen molar-refractivity contribution >= 4 is 17.4 Å². The molecule has 6 nitrogen and oxygen atoms in total. The number of hydrogen-bond donors (Lipinski definition) is 3. The third-order valence-electron chi connectivity index (χ3n) is 7.78. The maximum absolute atomic E-state index is 15.1. The lowest BCUT2D eigenvalue weighted by atomic mass is 9.71. The van der Waals surface area contributed by atoms with E-state index in [1.807, 2.05) is 6.07 Å². The summed E-state index contributed by atoms with van der Waals surface area (Å²) in [5.74, 6) is 0.179. The molecule has 1 atom stereocenters. The van der Waals surface area contributed by atoms with E-state index in [0.29, 0.717) is 22.7 Å². The summed E-state index contributed by atoms with van der Waals surface area (Å²) in [6.45, 7) is 10.3. The molecule has 0 saturated carbocycles. The highest BCUT2D eigenvalue weighted by Crippen LogP contribution is 2.40. The van der Waals surface area contributed by atoms with Crippen molar-refractivity contribution in [2.24, 2.45) is 5.92 Å². The summed E-state index contributed by atoms with van der Waals surface area (Å²) in [4.78, 5) is 19.3. The van der Waals surface area contributed by atoms with Crippen LogP contribution in [0.5, 0.6) is 11.5 Å². The predicted octanol–water partition coefficient (Wildman–Crippen LogP) is 8.55. The third-order valence-corrected chi connectivity index (χ3v) is 7.78. The summed E-state index contributed by atoms with van der Waals surface area (Å²) in [7, 11) is 0. The number of imidazole rings is 1. The Labute approximate surface area is 238 Å². The smallest absolute Gasteiger partial charge is 0.290 e. The average Bonchev–Trinajstić information content (AvgIpc) is 3.63. The molecule has 1 unspecified atom stereocenters. The first-order valence-electron chi connectivity index (χ1n) is 13.6. The molecule has 3 aromatic carbocycles. The second kappa shape index (κ2) is 12.4. The molecular weight excluding hydrogens is 524 g/mol. The van der Waals surface area contributed by atoms with E-state index in [0.717, 1.165) is 23.9 Å². The van der Waals surface area contributed by atoms with Gasteiger partial charge in [-0.3, -0.25) is 4.79 Å². The summed E-state index contributed by atoms with van der Waals surface area (Å²) in [5.41, 5.74) is 4.67. The van der Waals surface area contributed by atoms with Gasteiger partial charge in [0.2, 0.25) is 0 Å². The Hall–Kier alpha value is -4.46. The molecule has 41 heavy (non-hydrogen) atoms. The Bertz CT molecular complexity index is 1660. The van der Waals surface area contributed by atoms with E-state index >= 15 is 4.39 Å². The lowest BCUT2D eigenvalue weighted by molar-refractivity contribution is -0.122. The predicted molar refractivity (Wildman–Crippen MR) is 157 cm³/mol. The standard InChI is InChI=1S/C32H33F2N3O.CH2O2/c1-6-8-21-9-7-10-22(15-21)32(5,19(2)3)29-18-36-31(37-29)25-16-23(11-12-26(25)33)38-30-20(4)24-13-14-35-28(24)17-27(30)34;2-1-3/h7,9-19,35H,6,8H2,1-5H3,(H,36,37);1H,(H,2,3). The van der Waals surface area contributed by atoms with Crippen molar-refractivity contribution in [1.82, 2.24) is 15.0 Å². The Kier molecular flexibility index (Phi) is 8.91. The molecular formula is C33H35F2N3O3. The largest absolute Gasteiger partial charge is 0.483 e. The molecule has 0 aliphatic carbocycles. The van der Waals surface area contributed by atoms with Gasteiger partial charge in [-0.1, -0.05) is 51.5 Å². The maximum Gasteiger partial charge on any atom is 0.290 e. The van der Waals surface area contributed by atoms with Crippen molar-refractivity contribution in [3.63, 3.8) is 0 Å². The minimum absolute atomic E-state index is 0.120. The van der Waals surface area contributed by atoms with Crippen molar-refractivity contribution in [2.75, 3.05) is 0 Å². The minimum atomic E-state index is -0.485. The monoisotopic (exact) mass is 559 g/mol. The summed E-state index contributed by atoms with van der Waals surface area (Å²) in [6.07, 6.45) is 5.65. The molecule has 2 heterocycles. The zero-order valence-electron chi connectivity index (χ0n) is 23.9. The lowest BCUT2D eigenvalue weighted by Crippen LogP contribution is -2.30. The Morgan fingerprint density at radius 3 is 2.56 bits per heavy atom. The molecule has 0 fully saturated rings. The number of halogens is 2. The van der Waals surface area contributed by atoms with Crippen molar-refractivity contribution < 1.29 is 23.4 Å². The van der Waals surface area contributed by atoms with Gasteiger partial charge in [-0.25, -0.2) is 13.8 Å². The quantitative estimate of drug-likeness (QED) is 0.166. The van der Waals surface area contributed by atoms with Crippen LogP contribution in [-0.2, 0) is 16.6 Å². The molecule has 5 aromatic rings. The number of carbonyl (C=O) groups is 1. The van der Waals surface area contributed by atoms with Crippen LogP contribution in [0.15, 0.2) is 67.0 Å². The number of rotatable bonds is 8. The average molecular weight is 560 g/mol. The van der Waals surface area contributed by atoms with Crippen LogP contribution in [0.3, 0.4) is 0 Å². The van der Waals surface area contributed by atoms with Crippen LogP contribution in [0.4, 0.5) is 8.78 Å². The van der Waals surface area contributed by atoms with Crippen LogP contribution in [0.25, 0.3) is 22.3 Å². The van der Waals surface area contributed by atoms with Crippen LogP contribution >= 0.6 is 0 Å². The van der Waals surface area contributed by atoms with Crippen LogP contribution in [0.1, 0.15) is 56.5 Å². The number of hydrogen-bond acceptors (Lipinski definition) is 3. The zero-order valence-corrected chi connectivity index (χ0v) is 23.9. The fourth-order valence-corrected chi connectivity index (χ4v) is 5.18. The van der Waals surface area contributed by atoms with E-state index in [9.17, 15) is 4.39 Å². The number of fused-ring (bicyclic) bond motifs is 1. The number of aryl methyl sites for hydroxylation is 2. The van der Waals surface area contributed by atoms with Crippen molar-refractivity contribution in [3.05, 3.63) is 101 Å². The van der Waals surface area contributed by atoms with Gasteiger partial charge in [0.25, 0.3) is 6.47 Å². The summed E-state index contributed by atoms with van der Waals surface area (Å²) in [5, 5.41) is 7.76. The van der Waals surface area contributed by atoms with Gasteiger partial charge in [0, 0.05) is 46.0 Å². The Morgan fingerprint density at radius 2 is 1.85 bits per heavy atom. The van der Waals surface area contributed by atoms with Crippen LogP contribution in [0, 0.1) is 24.5 Å². The molecule has 3 N–H and O–H groups in total. The maximum atomic E-state index is 15.1. The highest BCUT2D eigenvalue weighted by molar-refractivity contribution is 5.85. The molecule has 0 radical (unpaired) electrons. The number of H-pyrrole nitrogens is 2. The molecule has 2 aromatic heterocycles. The second-order valence-electron chi connectivity index (χ2n) is 10.6. The van der Waals surface area contributed by atoms with Gasteiger partial charge in [0.1, 0.15) is 17.4 Å². The number of nitrogens with one attached hydrogen (secondary N) is 2. The summed E-state index contributed by atoms with van der Waals surface area (Å²) in [6, 6.07) is 16.3. The first-order valence-corrected chi connectivity index (χ1v) is 13.6.